The van der Waals surface area contributed by atoms with E-state index in [1.54, 1.807) is 0 Å². The predicted octanol–water partition coefficient (Wildman–Crippen LogP) is 4.11. The maximum absolute atomic E-state index is 6.00. The number of fused-ring (bicyclic) bond motifs is 1. The highest BCUT2D eigenvalue weighted by Gasteiger charge is 2.14. The molecule has 1 aromatic heterocycles. The van der Waals surface area contributed by atoms with E-state index >= 15 is 0 Å². The molecular weight excluding hydrogens is 338 g/mol. The normalized spacial score (nSPS) is 11.2. The molecule has 1 heterocycles. The van der Waals surface area contributed by atoms with Crippen molar-refractivity contribution in [1.29, 1.82) is 0 Å². The maximum atomic E-state index is 6.00. The van der Waals surface area contributed by atoms with Gasteiger partial charge < -0.3 is 10.3 Å². The largest absolute Gasteiger partial charge is 0.327 e. The van der Waals surface area contributed by atoms with Crippen LogP contribution in [0, 0.1) is 0 Å². The summed E-state index contributed by atoms with van der Waals surface area (Å²) in [7, 11) is 2.01. The van der Waals surface area contributed by atoms with Crippen LogP contribution in [0.5, 0.6) is 0 Å². The molecule has 0 aliphatic carbocycles. The van der Waals surface area contributed by atoms with Crippen LogP contribution in [0.15, 0.2) is 40.9 Å². The van der Waals surface area contributed by atoms with Crippen molar-refractivity contribution in [2.24, 2.45) is 12.8 Å². The highest BCUT2D eigenvalue weighted by atomic mass is 79.9. The summed E-state index contributed by atoms with van der Waals surface area (Å²) in [6, 6.07) is 11.8. The van der Waals surface area contributed by atoms with Crippen molar-refractivity contribution >= 4 is 38.6 Å². The number of nitrogens with two attached hydrogens (primary N) is 1. The minimum Gasteiger partial charge on any atom is -0.327 e. The van der Waals surface area contributed by atoms with Gasteiger partial charge in [-0.2, -0.15) is 0 Å². The third-order valence-corrected chi connectivity index (χ3v) is 4.28. The first-order valence-electron chi connectivity index (χ1n) is 6.21. The zero-order valence-corrected chi connectivity index (χ0v) is 13.2. The molecule has 0 aliphatic rings. The van der Waals surface area contributed by atoms with E-state index in [-0.39, 0.29) is 0 Å². The standard InChI is InChI=1S/C15H13BrClN3/c1-20-13-4-2-3-9(8-18)14(13)19-15(20)11-6-5-10(17)7-12(11)16/h2-7H,8,18H2,1H3. The molecule has 0 unspecified atom stereocenters. The lowest BCUT2D eigenvalue weighted by molar-refractivity contribution is 0.958. The number of hydrogen-bond donors (Lipinski definition) is 1. The summed E-state index contributed by atoms with van der Waals surface area (Å²) in [6.07, 6.45) is 0. The van der Waals surface area contributed by atoms with Gasteiger partial charge in [-0.15, -0.1) is 0 Å². The molecular formula is C15H13BrClN3. The lowest BCUT2D eigenvalue weighted by atomic mass is 10.2. The van der Waals surface area contributed by atoms with Gasteiger partial charge in [0.1, 0.15) is 5.82 Å². The first-order valence-corrected chi connectivity index (χ1v) is 7.38. The smallest absolute Gasteiger partial charge is 0.142 e. The molecule has 0 saturated heterocycles. The van der Waals surface area contributed by atoms with Crippen molar-refractivity contribution in [3.05, 3.63) is 51.5 Å². The van der Waals surface area contributed by atoms with Crippen LogP contribution in [0.4, 0.5) is 0 Å². The third-order valence-electron chi connectivity index (χ3n) is 3.39. The van der Waals surface area contributed by atoms with Crippen LogP contribution in [0.2, 0.25) is 5.02 Å². The Morgan fingerprint density at radius 3 is 2.80 bits per heavy atom. The molecule has 5 heteroatoms. The van der Waals surface area contributed by atoms with E-state index in [0.29, 0.717) is 11.6 Å². The Bertz CT molecular complexity index is 795. The summed E-state index contributed by atoms with van der Waals surface area (Å²) >= 11 is 9.55. The second-order valence-corrected chi connectivity index (χ2v) is 5.90. The van der Waals surface area contributed by atoms with Crippen molar-refractivity contribution in [3.63, 3.8) is 0 Å². The number of benzene rings is 2. The molecule has 3 nitrogen and oxygen atoms in total. The Kier molecular flexibility index (Phi) is 3.54. The Labute approximate surface area is 130 Å². The molecule has 0 fully saturated rings. The number of nitrogens with zero attached hydrogens (tertiary/aromatic N) is 2. The number of para-hydroxylation sites is 1. The van der Waals surface area contributed by atoms with Gasteiger partial charge in [0.2, 0.25) is 0 Å². The minimum atomic E-state index is 0.482. The van der Waals surface area contributed by atoms with E-state index in [0.717, 1.165) is 32.5 Å². The molecule has 2 N–H and O–H groups in total. The zero-order chi connectivity index (χ0) is 14.3. The Hall–Kier alpha value is -1.36. The van der Waals surface area contributed by atoms with Crippen LogP contribution in [0.1, 0.15) is 5.56 Å². The summed E-state index contributed by atoms with van der Waals surface area (Å²) in [4.78, 5) is 4.75. The van der Waals surface area contributed by atoms with Gasteiger partial charge in [-0.1, -0.05) is 23.7 Å². The number of hydrogen-bond acceptors (Lipinski definition) is 2. The molecule has 0 atom stereocenters. The summed E-state index contributed by atoms with van der Waals surface area (Å²) in [5, 5.41) is 0.696. The molecule has 0 bridgehead atoms. The number of aromatic nitrogens is 2. The van der Waals surface area contributed by atoms with Crippen molar-refractivity contribution in [2.75, 3.05) is 0 Å². The van der Waals surface area contributed by atoms with Crippen LogP contribution < -0.4 is 5.73 Å². The van der Waals surface area contributed by atoms with Gasteiger partial charge in [-0.25, -0.2) is 4.98 Å². The summed E-state index contributed by atoms with van der Waals surface area (Å²) in [5.41, 5.74) is 9.88. The average molecular weight is 351 g/mol. The Morgan fingerprint density at radius 1 is 1.30 bits per heavy atom. The van der Waals surface area contributed by atoms with Gasteiger partial charge in [-0.3, -0.25) is 0 Å². The highest BCUT2D eigenvalue weighted by Crippen LogP contribution is 2.32. The van der Waals surface area contributed by atoms with Crippen molar-refractivity contribution < 1.29 is 0 Å². The molecule has 3 rings (SSSR count). The maximum Gasteiger partial charge on any atom is 0.142 e. The number of imidazole rings is 1. The second-order valence-electron chi connectivity index (χ2n) is 4.61. The molecule has 0 spiro atoms. The lowest BCUT2D eigenvalue weighted by Gasteiger charge is -2.05. The number of aryl methyl sites for hydroxylation is 1. The summed E-state index contributed by atoms with van der Waals surface area (Å²) in [6.45, 7) is 0.482. The average Bonchev–Trinajstić information content (AvgIpc) is 2.76. The van der Waals surface area contributed by atoms with E-state index in [9.17, 15) is 0 Å². The Morgan fingerprint density at radius 2 is 2.10 bits per heavy atom. The lowest BCUT2D eigenvalue weighted by Crippen LogP contribution is -1.97. The highest BCUT2D eigenvalue weighted by molar-refractivity contribution is 9.10. The van der Waals surface area contributed by atoms with Crippen molar-refractivity contribution in [2.45, 2.75) is 6.54 Å². The molecule has 2 aromatic carbocycles. The zero-order valence-electron chi connectivity index (χ0n) is 10.9. The topological polar surface area (TPSA) is 43.8 Å². The molecule has 0 saturated carbocycles. The first kappa shape index (κ1) is 13.6. The fraction of sp³-hybridized carbons (Fsp3) is 0.133. The van der Waals surface area contributed by atoms with Gasteiger partial charge in [0, 0.05) is 28.7 Å². The first-order chi connectivity index (χ1) is 9.61. The number of rotatable bonds is 2. The molecule has 0 amide bonds. The van der Waals surface area contributed by atoms with Gasteiger partial charge in [0.05, 0.1) is 11.0 Å². The van der Waals surface area contributed by atoms with Crippen LogP contribution in [0.3, 0.4) is 0 Å². The summed E-state index contributed by atoms with van der Waals surface area (Å²) < 4.78 is 3.00. The second kappa shape index (κ2) is 5.20. The molecule has 3 aromatic rings. The van der Waals surface area contributed by atoms with E-state index in [1.807, 2.05) is 37.4 Å². The molecule has 0 aliphatic heterocycles. The van der Waals surface area contributed by atoms with Gasteiger partial charge in [0.25, 0.3) is 0 Å². The SMILES string of the molecule is Cn1c(-c2ccc(Cl)cc2Br)nc2c(CN)cccc21. The Balaban J connectivity index is 2.29. The van der Waals surface area contributed by atoms with E-state index in [1.165, 1.54) is 0 Å². The fourth-order valence-electron chi connectivity index (χ4n) is 2.35. The number of halogens is 2. The van der Waals surface area contributed by atoms with E-state index < -0.39 is 0 Å². The fourth-order valence-corrected chi connectivity index (χ4v) is 3.21. The van der Waals surface area contributed by atoms with Crippen LogP contribution in [-0.4, -0.2) is 9.55 Å². The minimum absolute atomic E-state index is 0.482. The van der Waals surface area contributed by atoms with E-state index in [2.05, 4.69) is 26.6 Å². The third kappa shape index (κ3) is 2.14. The van der Waals surface area contributed by atoms with Crippen molar-refractivity contribution in [3.8, 4) is 11.4 Å². The molecule has 102 valence electrons. The van der Waals surface area contributed by atoms with E-state index in [4.69, 9.17) is 22.3 Å². The van der Waals surface area contributed by atoms with Gasteiger partial charge in [-0.05, 0) is 45.8 Å². The van der Waals surface area contributed by atoms with Crippen molar-refractivity contribution in [1.82, 2.24) is 9.55 Å². The molecule has 20 heavy (non-hydrogen) atoms. The molecule has 0 radical (unpaired) electrons. The van der Waals surface area contributed by atoms with Crippen LogP contribution in [-0.2, 0) is 13.6 Å². The summed E-state index contributed by atoms with van der Waals surface area (Å²) in [5.74, 6) is 0.893. The quantitative estimate of drug-likeness (QED) is 0.755. The predicted molar refractivity (Wildman–Crippen MR) is 86.8 cm³/mol. The van der Waals surface area contributed by atoms with Crippen LogP contribution in [0.25, 0.3) is 22.4 Å². The van der Waals surface area contributed by atoms with Crippen LogP contribution >= 0.6 is 27.5 Å². The van der Waals surface area contributed by atoms with Gasteiger partial charge in [0.15, 0.2) is 0 Å². The monoisotopic (exact) mass is 349 g/mol. The van der Waals surface area contributed by atoms with Gasteiger partial charge >= 0.3 is 0 Å².